The second-order valence-electron chi connectivity index (χ2n) is 3.62. The van der Waals surface area contributed by atoms with E-state index in [1.807, 2.05) is 0 Å². The zero-order valence-electron chi connectivity index (χ0n) is 9.07. The summed E-state index contributed by atoms with van der Waals surface area (Å²) in [5.41, 5.74) is 3.62. The van der Waals surface area contributed by atoms with Crippen LogP contribution in [0.1, 0.15) is 16.7 Å². The molecule has 0 fully saturated rings. The summed E-state index contributed by atoms with van der Waals surface area (Å²) < 4.78 is 5.88. The lowest BCUT2D eigenvalue weighted by Crippen LogP contribution is -1.98. The molecule has 2 aromatic rings. The predicted molar refractivity (Wildman–Crippen MR) is 72.5 cm³/mol. The minimum atomic E-state index is 0.647. The summed E-state index contributed by atoms with van der Waals surface area (Å²) in [7, 11) is 0. The summed E-state index contributed by atoms with van der Waals surface area (Å²) in [5, 5.41) is 5.02. The maximum atomic E-state index is 5.88. The van der Waals surface area contributed by atoms with Crippen LogP contribution in [-0.4, -0.2) is 0 Å². The average molecular weight is 297 g/mol. The molecule has 16 heavy (non-hydrogen) atoms. The molecular weight excluding hydrogens is 284 g/mol. The minimum Gasteiger partial charge on any atom is -0.488 e. The fourth-order valence-corrected chi connectivity index (χ4v) is 2.65. The molecule has 1 nitrogen and oxygen atoms in total. The van der Waals surface area contributed by atoms with Crippen molar-refractivity contribution in [2.24, 2.45) is 0 Å². The Balaban J connectivity index is 2.14. The second-order valence-corrected chi connectivity index (χ2v) is 4.96. The number of para-hydroxylation sites is 1. The fraction of sp³-hybridized carbons (Fsp3) is 0.231. The molecule has 84 valence electrons. The zero-order chi connectivity index (χ0) is 11.4. The Bertz CT molecular complexity index is 451. The first-order chi connectivity index (χ1) is 7.81. The van der Waals surface area contributed by atoms with Crippen LogP contribution in [0.5, 0.6) is 5.75 Å². The molecule has 0 saturated carbocycles. The number of hydrogen-bond acceptors (Lipinski definition) is 2. The van der Waals surface area contributed by atoms with Gasteiger partial charge in [-0.1, -0.05) is 34.1 Å². The maximum absolute atomic E-state index is 5.88. The van der Waals surface area contributed by atoms with Crippen molar-refractivity contribution < 1.29 is 4.74 Å². The van der Waals surface area contributed by atoms with Crippen LogP contribution >= 0.6 is 27.3 Å². The van der Waals surface area contributed by atoms with Gasteiger partial charge in [0.15, 0.2) is 0 Å². The molecule has 3 heteroatoms. The number of halogens is 1. The Morgan fingerprint density at radius 1 is 1.31 bits per heavy atom. The lowest BCUT2D eigenvalue weighted by atomic mass is 10.1. The predicted octanol–water partition coefficient (Wildman–Crippen LogP) is 4.53. The van der Waals surface area contributed by atoms with Crippen molar-refractivity contribution in [3.8, 4) is 5.75 Å². The third kappa shape index (κ3) is 2.66. The molecule has 1 aromatic heterocycles. The molecule has 0 aliphatic carbocycles. The first-order valence-corrected chi connectivity index (χ1v) is 7.16. The molecule has 0 aliphatic heterocycles. The normalized spacial score (nSPS) is 10.4. The third-order valence-electron chi connectivity index (χ3n) is 2.40. The van der Waals surface area contributed by atoms with Gasteiger partial charge >= 0.3 is 0 Å². The number of benzene rings is 1. The van der Waals surface area contributed by atoms with E-state index in [1.54, 1.807) is 11.3 Å². The van der Waals surface area contributed by atoms with Gasteiger partial charge in [-0.3, -0.25) is 0 Å². The lowest BCUT2D eigenvalue weighted by molar-refractivity contribution is 0.302. The molecule has 0 unspecified atom stereocenters. The van der Waals surface area contributed by atoms with Gasteiger partial charge in [-0.15, -0.1) is 0 Å². The van der Waals surface area contributed by atoms with Crippen molar-refractivity contribution in [2.75, 3.05) is 0 Å². The van der Waals surface area contributed by atoms with Gasteiger partial charge in [0.05, 0.1) is 0 Å². The molecular formula is C13H13BrOS. The topological polar surface area (TPSA) is 9.23 Å². The highest BCUT2D eigenvalue weighted by Crippen LogP contribution is 2.26. The van der Waals surface area contributed by atoms with Gasteiger partial charge < -0.3 is 4.74 Å². The average Bonchev–Trinajstić information content (AvgIpc) is 2.80. The minimum absolute atomic E-state index is 0.647. The highest BCUT2D eigenvalue weighted by Gasteiger charge is 2.06. The monoisotopic (exact) mass is 296 g/mol. The van der Waals surface area contributed by atoms with E-state index in [0.29, 0.717) is 6.61 Å². The molecule has 2 rings (SSSR count). The van der Waals surface area contributed by atoms with Gasteiger partial charge in [-0.2, -0.15) is 11.3 Å². The summed E-state index contributed by atoms with van der Waals surface area (Å²) in [6, 6.07) is 8.32. The summed E-state index contributed by atoms with van der Waals surface area (Å²) in [4.78, 5) is 0. The first-order valence-electron chi connectivity index (χ1n) is 5.09. The van der Waals surface area contributed by atoms with Gasteiger partial charge in [-0.25, -0.2) is 0 Å². The van der Waals surface area contributed by atoms with Gasteiger partial charge in [-0.05, 0) is 34.9 Å². The molecule has 0 spiro atoms. The van der Waals surface area contributed by atoms with Crippen LogP contribution in [0.25, 0.3) is 0 Å². The third-order valence-corrected chi connectivity index (χ3v) is 3.74. The van der Waals surface area contributed by atoms with Crippen LogP contribution in [0.15, 0.2) is 35.0 Å². The molecule has 1 aromatic carbocycles. The summed E-state index contributed by atoms with van der Waals surface area (Å²) in [6.07, 6.45) is 0. The van der Waals surface area contributed by atoms with Crippen molar-refractivity contribution in [3.05, 3.63) is 51.7 Å². The Kier molecular flexibility index (Phi) is 4.02. The molecule has 0 radical (unpaired) electrons. The van der Waals surface area contributed by atoms with E-state index in [4.69, 9.17) is 4.74 Å². The zero-order valence-corrected chi connectivity index (χ0v) is 11.5. The number of ether oxygens (including phenoxy) is 1. The van der Waals surface area contributed by atoms with E-state index in [0.717, 1.165) is 11.1 Å². The number of alkyl halides is 1. The quantitative estimate of drug-likeness (QED) is 0.753. The molecule has 0 atom stereocenters. The molecule has 0 saturated heterocycles. The van der Waals surface area contributed by atoms with Crippen LogP contribution in [0.2, 0.25) is 0 Å². The van der Waals surface area contributed by atoms with Crippen molar-refractivity contribution in [1.82, 2.24) is 0 Å². The van der Waals surface area contributed by atoms with Crippen LogP contribution < -0.4 is 4.74 Å². The van der Waals surface area contributed by atoms with Crippen LogP contribution in [0, 0.1) is 6.92 Å². The molecule has 0 aliphatic rings. The van der Waals surface area contributed by atoms with E-state index in [2.05, 4.69) is 57.9 Å². The van der Waals surface area contributed by atoms with Gasteiger partial charge in [0.25, 0.3) is 0 Å². The van der Waals surface area contributed by atoms with E-state index in [-0.39, 0.29) is 0 Å². The van der Waals surface area contributed by atoms with Crippen molar-refractivity contribution >= 4 is 27.3 Å². The van der Waals surface area contributed by atoms with E-state index in [9.17, 15) is 0 Å². The second kappa shape index (κ2) is 5.51. The van der Waals surface area contributed by atoms with E-state index >= 15 is 0 Å². The fourth-order valence-electron chi connectivity index (χ4n) is 1.56. The summed E-state index contributed by atoms with van der Waals surface area (Å²) >= 11 is 5.18. The molecule has 0 N–H and O–H groups in total. The number of hydrogen-bond donors (Lipinski definition) is 0. The Morgan fingerprint density at radius 3 is 2.88 bits per heavy atom. The van der Waals surface area contributed by atoms with E-state index < -0.39 is 0 Å². The number of rotatable bonds is 4. The number of thiophene rings is 1. The van der Waals surface area contributed by atoms with Crippen LogP contribution in [0.3, 0.4) is 0 Å². The van der Waals surface area contributed by atoms with Gasteiger partial charge in [0, 0.05) is 10.9 Å². The smallest absolute Gasteiger partial charge is 0.126 e. The van der Waals surface area contributed by atoms with E-state index in [1.165, 1.54) is 16.7 Å². The molecule has 1 heterocycles. The standard InChI is InChI=1S/C13H13BrOS/c1-10-3-2-4-12(7-14)13(10)15-8-11-5-6-16-9-11/h2-6,9H,7-8H2,1H3. The molecule has 0 bridgehead atoms. The van der Waals surface area contributed by atoms with Crippen molar-refractivity contribution in [3.63, 3.8) is 0 Å². The van der Waals surface area contributed by atoms with Gasteiger partial charge in [0.2, 0.25) is 0 Å². The van der Waals surface area contributed by atoms with Crippen molar-refractivity contribution in [1.29, 1.82) is 0 Å². The number of aryl methyl sites for hydroxylation is 1. The summed E-state index contributed by atoms with van der Waals surface area (Å²) in [6.45, 7) is 2.73. The Morgan fingerprint density at radius 2 is 2.19 bits per heavy atom. The SMILES string of the molecule is Cc1cccc(CBr)c1OCc1ccsc1. The van der Waals surface area contributed by atoms with Crippen molar-refractivity contribution in [2.45, 2.75) is 18.9 Å². The summed E-state index contributed by atoms with van der Waals surface area (Å²) in [5.74, 6) is 1.01. The van der Waals surface area contributed by atoms with Crippen LogP contribution in [-0.2, 0) is 11.9 Å². The van der Waals surface area contributed by atoms with Crippen LogP contribution in [0.4, 0.5) is 0 Å². The highest BCUT2D eigenvalue weighted by molar-refractivity contribution is 9.08. The lowest BCUT2D eigenvalue weighted by Gasteiger charge is -2.12. The highest BCUT2D eigenvalue weighted by atomic mass is 79.9. The Hall–Kier alpha value is -0.800. The maximum Gasteiger partial charge on any atom is 0.126 e. The largest absolute Gasteiger partial charge is 0.488 e. The molecule has 0 amide bonds. The Labute approximate surface area is 108 Å². The van der Waals surface area contributed by atoms with Gasteiger partial charge in [0.1, 0.15) is 12.4 Å². The first kappa shape index (κ1) is 11.7.